The molecule has 0 saturated carbocycles. The molecule has 1 fully saturated rings. The average molecular weight is 384 g/mol. The first-order chi connectivity index (χ1) is 13.1. The van der Waals surface area contributed by atoms with Gasteiger partial charge in [0.15, 0.2) is 5.11 Å². The maximum atomic E-state index is 5.61. The zero-order valence-electron chi connectivity index (χ0n) is 16.4. The van der Waals surface area contributed by atoms with E-state index in [1.54, 1.807) is 7.11 Å². The highest BCUT2D eigenvalue weighted by atomic mass is 32.1. The Morgan fingerprint density at radius 2 is 1.89 bits per heavy atom. The van der Waals surface area contributed by atoms with E-state index in [1.807, 2.05) is 12.1 Å². The minimum Gasteiger partial charge on any atom is -0.496 e. The molecular formula is C22H29N3OS. The van der Waals surface area contributed by atoms with E-state index in [0.717, 1.165) is 31.1 Å². The molecule has 1 unspecified atom stereocenters. The molecule has 27 heavy (non-hydrogen) atoms. The molecule has 0 spiro atoms. The number of nitrogens with one attached hydrogen (secondary N) is 2. The van der Waals surface area contributed by atoms with Gasteiger partial charge in [0.2, 0.25) is 0 Å². The van der Waals surface area contributed by atoms with Crippen molar-refractivity contribution in [3.8, 4) is 5.75 Å². The number of para-hydroxylation sites is 1. The summed E-state index contributed by atoms with van der Waals surface area (Å²) in [6.45, 7) is 7.15. The zero-order chi connectivity index (χ0) is 19.2. The molecule has 1 aliphatic rings. The first-order valence-corrected chi connectivity index (χ1v) is 9.98. The number of anilines is 1. The van der Waals surface area contributed by atoms with Crippen molar-refractivity contribution >= 4 is 23.0 Å². The summed E-state index contributed by atoms with van der Waals surface area (Å²) < 4.78 is 5.61. The normalized spacial score (nSPS) is 15.4. The van der Waals surface area contributed by atoms with Crippen molar-refractivity contribution in [1.82, 2.24) is 10.2 Å². The van der Waals surface area contributed by atoms with Crippen LogP contribution in [0.15, 0.2) is 42.5 Å². The maximum absolute atomic E-state index is 5.61. The first kappa shape index (κ1) is 19.6. The number of nitrogens with zero attached hydrogens (tertiary/aromatic N) is 1. The van der Waals surface area contributed by atoms with Crippen molar-refractivity contribution in [3.63, 3.8) is 0 Å². The molecule has 0 radical (unpaired) electrons. The molecule has 0 aliphatic carbocycles. The van der Waals surface area contributed by atoms with Crippen LogP contribution in [0.5, 0.6) is 5.75 Å². The van der Waals surface area contributed by atoms with E-state index in [0.29, 0.717) is 5.11 Å². The van der Waals surface area contributed by atoms with Crippen LogP contribution in [0, 0.1) is 13.8 Å². The molecule has 2 aromatic carbocycles. The van der Waals surface area contributed by atoms with Crippen LogP contribution in [0.1, 0.15) is 35.6 Å². The van der Waals surface area contributed by atoms with E-state index in [-0.39, 0.29) is 6.04 Å². The van der Waals surface area contributed by atoms with Gasteiger partial charge in [0.25, 0.3) is 0 Å². The van der Waals surface area contributed by atoms with Crippen molar-refractivity contribution in [2.24, 2.45) is 0 Å². The highest BCUT2D eigenvalue weighted by Crippen LogP contribution is 2.31. The van der Waals surface area contributed by atoms with Crippen LogP contribution in [0.4, 0.5) is 5.69 Å². The molecule has 1 heterocycles. The molecular weight excluding hydrogens is 354 g/mol. The van der Waals surface area contributed by atoms with Gasteiger partial charge in [-0.3, -0.25) is 4.90 Å². The van der Waals surface area contributed by atoms with E-state index >= 15 is 0 Å². The van der Waals surface area contributed by atoms with Crippen LogP contribution < -0.4 is 15.4 Å². The van der Waals surface area contributed by atoms with Crippen LogP contribution in [-0.4, -0.2) is 36.8 Å². The third kappa shape index (κ3) is 4.99. The lowest BCUT2D eigenvalue weighted by atomic mass is 10.0. The number of ether oxygens (including phenoxy) is 1. The van der Waals surface area contributed by atoms with Gasteiger partial charge in [0, 0.05) is 17.8 Å². The highest BCUT2D eigenvalue weighted by molar-refractivity contribution is 7.80. The fourth-order valence-electron chi connectivity index (χ4n) is 3.66. The zero-order valence-corrected chi connectivity index (χ0v) is 17.2. The Morgan fingerprint density at radius 3 is 2.63 bits per heavy atom. The number of likely N-dealkylation sites (tertiary alicyclic amines) is 1. The summed E-state index contributed by atoms with van der Waals surface area (Å²) in [6.07, 6.45) is 2.49. The Morgan fingerprint density at radius 1 is 1.15 bits per heavy atom. The van der Waals surface area contributed by atoms with Gasteiger partial charge in [-0.25, -0.2) is 0 Å². The van der Waals surface area contributed by atoms with Crippen molar-refractivity contribution in [2.75, 3.05) is 32.1 Å². The lowest BCUT2D eigenvalue weighted by Gasteiger charge is -2.30. The fourth-order valence-corrected chi connectivity index (χ4v) is 3.85. The molecule has 0 amide bonds. The number of benzene rings is 2. The molecule has 2 aromatic rings. The molecule has 1 atom stereocenters. The maximum Gasteiger partial charge on any atom is 0.170 e. The largest absolute Gasteiger partial charge is 0.496 e. The summed E-state index contributed by atoms with van der Waals surface area (Å²) in [6, 6.07) is 14.9. The Balaban J connectivity index is 1.71. The van der Waals surface area contributed by atoms with E-state index in [1.165, 1.54) is 29.5 Å². The van der Waals surface area contributed by atoms with Crippen LogP contribution >= 0.6 is 12.2 Å². The molecule has 1 saturated heterocycles. The number of rotatable bonds is 6. The van der Waals surface area contributed by atoms with E-state index in [9.17, 15) is 0 Å². The SMILES string of the molecule is COc1ccccc1C(CNC(=S)Nc1cc(C)ccc1C)N1CCCC1. The standard InChI is InChI=1S/C22H29N3OS/c1-16-10-11-17(2)19(14-16)24-22(27)23-15-20(25-12-6-7-13-25)18-8-4-5-9-21(18)26-3/h4-5,8-11,14,20H,6-7,12-13,15H2,1-3H3,(H2,23,24,27). The van der Waals surface area contributed by atoms with Crippen molar-refractivity contribution < 1.29 is 4.74 Å². The number of methoxy groups -OCH3 is 1. The van der Waals surface area contributed by atoms with Gasteiger partial charge in [-0.1, -0.05) is 30.3 Å². The van der Waals surface area contributed by atoms with Crippen molar-refractivity contribution in [2.45, 2.75) is 32.7 Å². The number of aryl methyl sites for hydroxylation is 2. The van der Waals surface area contributed by atoms with Gasteiger partial charge in [0.1, 0.15) is 5.75 Å². The molecule has 2 N–H and O–H groups in total. The average Bonchev–Trinajstić information content (AvgIpc) is 3.20. The smallest absolute Gasteiger partial charge is 0.170 e. The highest BCUT2D eigenvalue weighted by Gasteiger charge is 2.25. The summed E-state index contributed by atoms with van der Waals surface area (Å²) in [7, 11) is 1.74. The second-order valence-electron chi connectivity index (χ2n) is 7.15. The number of thiocarbonyl (C=S) groups is 1. The van der Waals surface area contributed by atoms with Crippen LogP contribution in [0.3, 0.4) is 0 Å². The Hall–Kier alpha value is -2.11. The topological polar surface area (TPSA) is 36.5 Å². The van der Waals surface area contributed by atoms with E-state index in [2.05, 4.69) is 59.7 Å². The second kappa shape index (κ2) is 9.20. The van der Waals surface area contributed by atoms with Gasteiger partial charge in [-0.05, 0) is 75.3 Å². The van der Waals surface area contributed by atoms with Gasteiger partial charge < -0.3 is 15.4 Å². The molecule has 5 heteroatoms. The minimum absolute atomic E-state index is 0.238. The lowest BCUT2D eigenvalue weighted by molar-refractivity contribution is 0.240. The van der Waals surface area contributed by atoms with E-state index in [4.69, 9.17) is 17.0 Å². The van der Waals surface area contributed by atoms with Crippen molar-refractivity contribution in [3.05, 3.63) is 59.2 Å². The van der Waals surface area contributed by atoms with Gasteiger partial charge in [-0.2, -0.15) is 0 Å². The summed E-state index contributed by atoms with van der Waals surface area (Å²) in [5, 5.41) is 7.43. The summed E-state index contributed by atoms with van der Waals surface area (Å²) in [4.78, 5) is 2.52. The second-order valence-corrected chi connectivity index (χ2v) is 7.56. The van der Waals surface area contributed by atoms with E-state index < -0.39 is 0 Å². The molecule has 1 aliphatic heterocycles. The lowest BCUT2D eigenvalue weighted by Crippen LogP contribution is -2.38. The Labute approximate surface area is 167 Å². The predicted octanol–water partition coefficient (Wildman–Crippen LogP) is 4.44. The third-order valence-corrected chi connectivity index (χ3v) is 5.42. The summed E-state index contributed by atoms with van der Waals surface area (Å²) in [5.41, 5.74) is 4.67. The molecule has 4 nitrogen and oxygen atoms in total. The predicted molar refractivity (Wildman–Crippen MR) is 117 cm³/mol. The summed E-state index contributed by atoms with van der Waals surface area (Å²) >= 11 is 5.57. The molecule has 0 aromatic heterocycles. The molecule has 144 valence electrons. The van der Waals surface area contributed by atoms with Crippen LogP contribution in [0.2, 0.25) is 0 Å². The molecule has 3 rings (SSSR count). The summed E-state index contributed by atoms with van der Waals surface area (Å²) in [5.74, 6) is 0.935. The minimum atomic E-state index is 0.238. The quantitative estimate of drug-likeness (QED) is 0.722. The Bertz CT molecular complexity index is 787. The van der Waals surface area contributed by atoms with Gasteiger partial charge in [-0.15, -0.1) is 0 Å². The fraction of sp³-hybridized carbons (Fsp3) is 0.409. The Kier molecular flexibility index (Phi) is 6.69. The first-order valence-electron chi connectivity index (χ1n) is 9.57. The van der Waals surface area contributed by atoms with Crippen LogP contribution in [0.25, 0.3) is 0 Å². The van der Waals surface area contributed by atoms with Gasteiger partial charge >= 0.3 is 0 Å². The monoisotopic (exact) mass is 383 g/mol. The van der Waals surface area contributed by atoms with Gasteiger partial charge in [0.05, 0.1) is 13.2 Å². The number of hydrogen-bond acceptors (Lipinski definition) is 3. The van der Waals surface area contributed by atoms with Crippen LogP contribution in [-0.2, 0) is 0 Å². The van der Waals surface area contributed by atoms with Crippen molar-refractivity contribution in [1.29, 1.82) is 0 Å². The number of hydrogen-bond donors (Lipinski definition) is 2. The third-order valence-electron chi connectivity index (χ3n) is 5.18. The molecule has 0 bridgehead atoms.